The maximum absolute atomic E-state index is 14.2. The van der Waals surface area contributed by atoms with Gasteiger partial charge in [0.1, 0.15) is 5.75 Å². The fourth-order valence-corrected chi connectivity index (χ4v) is 4.55. The number of hydrogen-bond acceptors (Lipinski definition) is 16. The number of aromatic nitrogens is 2. The molecule has 0 saturated carbocycles. The number of thiol groups is 10. The minimum Gasteiger partial charge on any atom is -0.470 e. The van der Waals surface area contributed by atoms with Crippen molar-refractivity contribution in [1.82, 2.24) is 14.5 Å². The average molecular weight is 763 g/mol. The molecular weight excluding hydrogens is 737 g/mol. The van der Waals surface area contributed by atoms with E-state index in [0.717, 1.165) is 0 Å². The summed E-state index contributed by atoms with van der Waals surface area (Å²) in [5.74, 6) is 0.621. The van der Waals surface area contributed by atoms with Crippen LogP contribution in [0.2, 0.25) is 0 Å². The molecule has 228 valence electrons. The largest absolute Gasteiger partial charge is 0.470 e. The third-order valence-electron chi connectivity index (χ3n) is 6.01. The minimum atomic E-state index is -1.55. The molecule has 2 aromatic heterocycles. The minimum absolute atomic E-state index is 0.111. The van der Waals surface area contributed by atoms with Gasteiger partial charge in [-0.2, -0.15) is 4.98 Å². The average Bonchev–Trinajstić information content (AvgIpc) is 2.88. The molecule has 7 nitrogen and oxygen atoms in total. The zero-order chi connectivity index (χ0) is 31.9. The standard InChI is InChI=1S/C26H26N4O3S10/c1-29(26(41,42)43)12-15-10-13(2-8-19(15)27)18-11-14-3-9-20(33-24(36,37)25(38,39)40)28-21(14)30(22(18)31)16-4-6-17(7-5-16)32-23(34)35/h2-12,23,27,34-43H,1H3/b15-12-,27-19?. The molecule has 0 aliphatic heterocycles. The highest BCUT2D eigenvalue weighted by molar-refractivity contribution is 8.20. The molecule has 43 heavy (non-hydrogen) atoms. The van der Waals surface area contributed by atoms with Crippen LogP contribution in [0.3, 0.4) is 0 Å². The van der Waals surface area contributed by atoms with E-state index in [-0.39, 0.29) is 17.2 Å². The van der Waals surface area contributed by atoms with E-state index < -0.39 is 16.0 Å². The number of rotatable bonds is 9. The Morgan fingerprint density at radius 3 is 2.21 bits per heavy atom. The lowest BCUT2D eigenvalue weighted by atomic mass is 9.95. The summed E-state index contributed by atoms with van der Waals surface area (Å²) in [5, 5.41) is 9.03. The second-order valence-electron chi connectivity index (χ2n) is 9.19. The zero-order valence-corrected chi connectivity index (χ0v) is 30.9. The van der Waals surface area contributed by atoms with Gasteiger partial charge < -0.3 is 19.8 Å². The Labute approximate surface area is 304 Å². The monoisotopic (exact) mass is 762 g/mol. The van der Waals surface area contributed by atoms with E-state index >= 15 is 0 Å². The summed E-state index contributed by atoms with van der Waals surface area (Å²) in [6.45, 7) is 0. The van der Waals surface area contributed by atoms with Crippen LogP contribution in [0.25, 0.3) is 22.3 Å². The molecular formula is C26H26N4O3S10. The second kappa shape index (κ2) is 13.6. The van der Waals surface area contributed by atoms with Crippen LogP contribution in [-0.4, -0.2) is 43.2 Å². The van der Waals surface area contributed by atoms with Crippen LogP contribution >= 0.6 is 126 Å². The molecule has 0 fully saturated rings. The molecule has 0 atom stereocenters. The molecule has 17 heteroatoms. The molecule has 1 N–H and O–H groups in total. The molecule has 1 aromatic carbocycles. The molecule has 1 aliphatic rings. The third-order valence-corrected chi connectivity index (χ3v) is 10.0. The topological polar surface area (TPSA) is 80.4 Å². The van der Waals surface area contributed by atoms with E-state index in [1.54, 1.807) is 78.8 Å². The van der Waals surface area contributed by atoms with E-state index in [2.05, 4.69) is 131 Å². The summed E-state index contributed by atoms with van der Waals surface area (Å²) in [6.07, 6.45) is 6.76. The Kier molecular flexibility index (Phi) is 11.2. The van der Waals surface area contributed by atoms with Crippen molar-refractivity contribution in [3.05, 3.63) is 88.4 Å². The number of nitrogens with one attached hydrogen (secondary N) is 1. The van der Waals surface area contributed by atoms with Crippen LogP contribution < -0.4 is 15.0 Å². The first-order valence-electron chi connectivity index (χ1n) is 12.0. The van der Waals surface area contributed by atoms with Crippen LogP contribution in [-0.2, 0) is 0 Å². The molecule has 3 aromatic rings. The van der Waals surface area contributed by atoms with Crippen molar-refractivity contribution >= 4 is 149 Å². The quantitative estimate of drug-likeness (QED) is 0.0916. The van der Waals surface area contributed by atoms with E-state index in [1.807, 2.05) is 0 Å². The molecule has 0 bridgehead atoms. The first kappa shape index (κ1) is 35.2. The van der Waals surface area contributed by atoms with Crippen molar-refractivity contribution in [2.24, 2.45) is 0 Å². The van der Waals surface area contributed by atoms with Gasteiger partial charge in [-0.3, -0.25) is 9.36 Å². The van der Waals surface area contributed by atoms with Gasteiger partial charge in [0.15, 0.2) is 17.4 Å². The highest BCUT2D eigenvalue weighted by atomic mass is 32.2. The van der Waals surface area contributed by atoms with Gasteiger partial charge in [0, 0.05) is 35.8 Å². The highest BCUT2D eigenvalue weighted by Gasteiger charge is 2.41. The second-order valence-corrected chi connectivity index (χ2v) is 18.2. The van der Waals surface area contributed by atoms with Gasteiger partial charge in [-0.25, -0.2) is 0 Å². The normalized spacial score (nSPS) is 15.3. The Balaban J connectivity index is 1.93. The Morgan fingerprint density at radius 1 is 0.977 bits per heavy atom. The van der Waals surface area contributed by atoms with Crippen LogP contribution in [0.4, 0.5) is 0 Å². The van der Waals surface area contributed by atoms with Crippen molar-refractivity contribution in [1.29, 1.82) is 5.41 Å². The Bertz CT molecular complexity index is 1710. The van der Waals surface area contributed by atoms with Gasteiger partial charge >= 0.3 is 0 Å². The van der Waals surface area contributed by atoms with E-state index in [0.29, 0.717) is 39.2 Å². The first-order chi connectivity index (χ1) is 19.9. The lowest BCUT2D eigenvalue weighted by molar-refractivity contribution is 0.262. The van der Waals surface area contributed by atoms with E-state index in [9.17, 15) is 4.79 Å². The Morgan fingerprint density at radius 2 is 1.63 bits per heavy atom. The molecule has 1 aliphatic carbocycles. The molecule has 0 spiro atoms. The maximum atomic E-state index is 14.2. The summed E-state index contributed by atoms with van der Waals surface area (Å²) >= 11 is 43.0. The fraction of sp³-hybridized carbons (Fsp3) is 0.192. The zero-order valence-electron chi connectivity index (χ0n) is 22.0. The summed E-state index contributed by atoms with van der Waals surface area (Å²) < 4.78 is 8.25. The van der Waals surface area contributed by atoms with E-state index in [4.69, 9.17) is 14.9 Å². The number of hydrogen-bond donors (Lipinski definition) is 11. The van der Waals surface area contributed by atoms with Crippen molar-refractivity contribution in [2.45, 2.75) is 16.0 Å². The molecule has 0 saturated heterocycles. The SMILES string of the molecule is CN(/C=C1/C=C(c2cc3ccc(OC(S)(S)C(S)(S)S)nc3n(-c3ccc(OC(S)S)cc3)c2=O)C=CC1=N)C(S)(S)S. The van der Waals surface area contributed by atoms with Crippen molar-refractivity contribution in [3.8, 4) is 17.3 Å². The molecule has 0 unspecified atom stereocenters. The van der Waals surface area contributed by atoms with Gasteiger partial charge in [-0.05, 0) is 54.1 Å². The first-order valence-corrected chi connectivity index (χ1v) is 16.6. The number of ether oxygens (including phenoxy) is 2. The van der Waals surface area contributed by atoms with Crippen LogP contribution in [0.15, 0.2) is 77.3 Å². The predicted octanol–water partition coefficient (Wildman–Crippen LogP) is 6.43. The maximum Gasteiger partial charge on any atom is 0.264 e. The van der Waals surface area contributed by atoms with Gasteiger partial charge in [0.25, 0.3) is 5.56 Å². The van der Waals surface area contributed by atoms with Gasteiger partial charge in [0.05, 0.1) is 11.4 Å². The van der Waals surface area contributed by atoms with Crippen LogP contribution in [0.5, 0.6) is 11.6 Å². The van der Waals surface area contributed by atoms with Gasteiger partial charge in [-0.15, -0.1) is 126 Å². The smallest absolute Gasteiger partial charge is 0.264 e. The van der Waals surface area contributed by atoms with Crippen molar-refractivity contribution in [2.75, 3.05) is 7.05 Å². The highest BCUT2D eigenvalue weighted by Crippen LogP contribution is 2.45. The summed E-state index contributed by atoms with van der Waals surface area (Å²) in [5.41, 5.74) is 2.18. The number of allylic oxidation sites excluding steroid dienone is 5. The number of pyridine rings is 2. The number of benzene rings is 1. The molecule has 4 rings (SSSR count). The molecule has 0 amide bonds. The lowest BCUT2D eigenvalue weighted by Crippen LogP contribution is -2.38. The summed E-state index contributed by atoms with van der Waals surface area (Å²) in [6, 6.07) is 11.9. The molecule has 0 radical (unpaired) electrons. The van der Waals surface area contributed by atoms with Crippen LogP contribution in [0.1, 0.15) is 5.56 Å². The van der Waals surface area contributed by atoms with Crippen molar-refractivity contribution in [3.63, 3.8) is 0 Å². The van der Waals surface area contributed by atoms with Gasteiger partial charge in [0.2, 0.25) is 10.1 Å². The number of nitrogens with zero attached hydrogens (tertiary/aromatic N) is 3. The lowest BCUT2D eigenvalue weighted by Gasteiger charge is -2.33. The predicted molar refractivity (Wildman–Crippen MR) is 211 cm³/mol. The Hall–Kier alpha value is -0.630. The summed E-state index contributed by atoms with van der Waals surface area (Å²) in [7, 11) is 1.73. The van der Waals surface area contributed by atoms with Crippen molar-refractivity contribution < 1.29 is 9.47 Å². The summed E-state index contributed by atoms with van der Waals surface area (Å²) in [4.78, 5) is 20.5. The fourth-order valence-electron chi connectivity index (χ4n) is 3.81. The van der Waals surface area contributed by atoms with Gasteiger partial charge in [-0.1, -0.05) is 6.08 Å². The number of fused-ring (bicyclic) bond motifs is 1. The third kappa shape index (κ3) is 8.40. The van der Waals surface area contributed by atoms with Crippen LogP contribution in [0, 0.1) is 5.41 Å². The molecule has 2 heterocycles. The van der Waals surface area contributed by atoms with E-state index in [1.165, 1.54) is 4.57 Å².